The van der Waals surface area contributed by atoms with Crippen LogP contribution >= 0.6 is 34.4 Å². The molecule has 2 aromatic rings. The Kier molecular flexibility index (Phi) is 7.47. The predicted molar refractivity (Wildman–Crippen MR) is 98.7 cm³/mol. The fraction of sp³-hybridized carbons (Fsp3) is 0.429. The van der Waals surface area contributed by atoms with Crippen LogP contribution in [0.1, 0.15) is 18.7 Å². The van der Waals surface area contributed by atoms with Crippen LogP contribution in [0.2, 0.25) is 0 Å². The van der Waals surface area contributed by atoms with Gasteiger partial charge in [0.25, 0.3) is 0 Å². The van der Waals surface area contributed by atoms with Crippen LogP contribution in [0, 0.1) is 5.92 Å². The molecule has 130 valence electrons. The van der Waals surface area contributed by atoms with E-state index >= 15 is 0 Å². The molecule has 0 aliphatic rings. The van der Waals surface area contributed by atoms with Gasteiger partial charge in [-0.15, -0.1) is 21.5 Å². The standard InChI is InChI=1S/C14H19N5O2S3/c1-9(2)6-16-13-18-19-14(24-13)23-8-11(20)17-12(21)15-7-10-4-3-5-22-10/h3-5,9H,6-8H2,1-2H3,(H,16,18)(H2,15,17,20,21). The first kappa shape index (κ1) is 18.7. The highest BCUT2D eigenvalue weighted by molar-refractivity contribution is 8.01. The van der Waals surface area contributed by atoms with E-state index in [-0.39, 0.29) is 11.7 Å². The highest BCUT2D eigenvalue weighted by atomic mass is 32.2. The second-order valence-corrected chi connectivity index (χ2v) is 8.48. The van der Waals surface area contributed by atoms with Gasteiger partial charge >= 0.3 is 6.03 Å². The summed E-state index contributed by atoms with van der Waals surface area (Å²) >= 11 is 4.20. The van der Waals surface area contributed by atoms with E-state index in [2.05, 4.69) is 40.0 Å². The van der Waals surface area contributed by atoms with Crippen LogP contribution < -0.4 is 16.0 Å². The smallest absolute Gasteiger partial charge is 0.321 e. The summed E-state index contributed by atoms with van der Waals surface area (Å²) in [5.74, 6) is 0.268. The molecule has 10 heteroatoms. The van der Waals surface area contributed by atoms with Gasteiger partial charge in [-0.2, -0.15) is 0 Å². The number of carbonyl (C=O) groups excluding carboxylic acids is 2. The first-order valence-corrected chi connectivity index (χ1v) is 10.0. The van der Waals surface area contributed by atoms with E-state index < -0.39 is 6.03 Å². The zero-order chi connectivity index (χ0) is 17.4. The van der Waals surface area contributed by atoms with Gasteiger partial charge in [-0.25, -0.2) is 4.79 Å². The summed E-state index contributed by atoms with van der Waals surface area (Å²) in [4.78, 5) is 24.4. The minimum Gasteiger partial charge on any atom is -0.360 e. The highest BCUT2D eigenvalue weighted by Gasteiger charge is 2.11. The molecule has 2 heterocycles. The van der Waals surface area contributed by atoms with Crippen LogP contribution in [0.5, 0.6) is 0 Å². The van der Waals surface area contributed by atoms with Crippen molar-refractivity contribution < 1.29 is 9.59 Å². The minimum absolute atomic E-state index is 0.116. The number of amides is 3. The molecule has 7 nitrogen and oxygen atoms in total. The van der Waals surface area contributed by atoms with Gasteiger partial charge in [-0.05, 0) is 17.4 Å². The normalized spacial score (nSPS) is 10.6. The van der Waals surface area contributed by atoms with Gasteiger partial charge in [0.2, 0.25) is 11.0 Å². The molecule has 3 amide bonds. The summed E-state index contributed by atoms with van der Waals surface area (Å²) in [7, 11) is 0. The molecule has 24 heavy (non-hydrogen) atoms. The molecule has 0 unspecified atom stereocenters. The molecule has 0 radical (unpaired) electrons. The molecule has 0 fully saturated rings. The average Bonchev–Trinajstić information content (AvgIpc) is 3.20. The number of hydrogen-bond donors (Lipinski definition) is 3. The largest absolute Gasteiger partial charge is 0.360 e. The average molecular weight is 386 g/mol. The number of nitrogens with zero attached hydrogens (tertiary/aromatic N) is 2. The summed E-state index contributed by atoms with van der Waals surface area (Å²) in [6.07, 6.45) is 0. The van der Waals surface area contributed by atoms with E-state index in [9.17, 15) is 9.59 Å². The second kappa shape index (κ2) is 9.60. The molecule has 3 N–H and O–H groups in total. The maximum atomic E-state index is 11.8. The number of aromatic nitrogens is 2. The first-order valence-electron chi connectivity index (χ1n) is 7.33. The van der Waals surface area contributed by atoms with E-state index in [4.69, 9.17) is 0 Å². The Morgan fingerprint density at radius 2 is 2.17 bits per heavy atom. The zero-order valence-electron chi connectivity index (χ0n) is 13.4. The van der Waals surface area contributed by atoms with Crippen LogP contribution in [-0.2, 0) is 11.3 Å². The summed E-state index contributed by atoms with van der Waals surface area (Å²) in [6, 6.07) is 3.34. The number of imide groups is 1. The fourth-order valence-electron chi connectivity index (χ4n) is 1.55. The Bertz CT molecular complexity index is 657. The summed E-state index contributed by atoms with van der Waals surface area (Å²) < 4.78 is 0.690. The molecule has 2 rings (SSSR count). The van der Waals surface area contributed by atoms with Crippen molar-refractivity contribution in [1.82, 2.24) is 20.8 Å². The van der Waals surface area contributed by atoms with Crippen molar-refractivity contribution in [2.75, 3.05) is 17.6 Å². The Balaban J connectivity index is 1.66. The lowest BCUT2D eigenvalue weighted by Crippen LogP contribution is -2.39. The highest BCUT2D eigenvalue weighted by Crippen LogP contribution is 2.25. The number of nitrogens with one attached hydrogen (secondary N) is 3. The number of thioether (sulfide) groups is 1. The Labute approximate surface area is 152 Å². The number of hydrogen-bond acceptors (Lipinski definition) is 8. The molecule has 0 spiro atoms. The zero-order valence-corrected chi connectivity index (χ0v) is 15.8. The molecule has 0 aromatic carbocycles. The molecule has 0 saturated heterocycles. The molecular weight excluding hydrogens is 366 g/mol. The monoisotopic (exact) mass is 385 g/mol. The van der Waals surface area contributed by atoms with Crippen LogP contribution in [-0.4, -0.2) is 34.4 Å². The van der Waals surface area contributed by atoms with Crippen molar-refractivity contribution >= 4 is 51.5 Å². The van der Waals surface area contributed by atoms with Crippen LogP contribution in [0.3, 0.4) is 0 Å². The number of thiophene rings is 1. The molecule has 0 saturated carbocycles. The van der Waals surface area contributed by atoms with Crippen molar-refractivity contribution in [2.45, 2.75) is 24.7 Å². The lowest BCUT2D eigenvalue weighted by atomic mass is 10.2. The third-order valence-electron chi connectivity index (χ3n) is 2.65. The van der Waals surface area contributed by atoms with Gasteiger partial charge in [0.05, 0.1) is 12.3 Å². The molecule has 0 atom stereocenters. The Morgan fingerprint density at radius 1 is 1.33 bits per heavy atom. The van der Waals surface area contributed by atoms with Crippen molar-refractivity contribution in [3.8, 4) is 0 Å². The summed E-state index contributed by atoms with van der Waals surface area (Å²) in [5, 5.41) is 18.8. The lowest BCUT2D eigenvalue weighted by molar-refractivity contribution is -0.117. The van der Waals surface area contributed by atoms with Crippen LogP contribution in [0.25, 0.3) is 0 Å². The predicted octanol–water partition coefficient (Wildman–Crippen LogP) is 2.79. The van der Waals surface area contributed by atoms with Gasteiger partial charge in [-0.3, -0.25) is 10.1 Å². The van der Waals surface area contributed by atoms with E-state index in [0.717, 1.165) is 16.6 Å². The van der Waals surface area contributed by atoms with Gasteiger partial charge in [0, 0.05) is 11.4 Å². The van der Waals surface area contributed by atoms with Crippen molar-refractivity contribution in [1.29, 1.82) is 0 Å². The van der Waals surface area contributed by atoms with Crippen LogP contribution in [0.15, 0.2) is 21.9 Å². The van der Waals surface area contributed by atoms with Gasteiger partial charge in [0.15, 0.2) is 4.34 Å². The molecule has 2 aromatic heterocycles. The van der Waals surface area contributed by atoms with E-state index in [1.54, 1.807) is 11.3 Å². The second-order valence-electron chi connectivity index (χ2n) is 5.25. The first-order chi connectivity index (χ1) is 11.5. The number of rotatable bonds is 8. The van der Waals surface area contributed by atoms with E-state index in [1.165, 1.54) is 23.1 Å². The fourth-order valence-corrected chi connectivity index (χ4v) is 3.75. The third-order valence-corrected chi connectivity index (χ3v) is 5.54. The van der Waals surface area contributed by atoms with Gasteiger partial charge in [0.1, 0.15) is 0 Å². The lowest BCUT2D eigenvalue weighted by Gasteiger charge is -2.05. The maximum Gasteiger partial charge on any atom is 0.321 e. The molecule has 0 aliphatic carbocycles. The van der Waals surface area contributed by atoms with Crippen molar-refractivity contribution in [2.24, 2.45) is 5.92 Å². The summed E-state index contributed by atoms with van der Waals surface area (Å²) in [5.41, 5.74) is 0. The van der Waals surface area contributed by atoms with Crippen molar-refractivity contribution in [3.63, 3.8) is 0 Å². The minimum atomic E-state index is -0.495. The van der Waals surface area contributed by atoms with Crippen molar-refractivity contribution in [3.05, 3.63) is 22.4 Å². The maximum absolute atomic E-state index is 11.8. The number of anilines is 1. The third kappa shape index (κ3) is 6.85. The Hall–Kier alpha value is -1.65. The topological polar surface area (TPSA) is 96.0 Å². The van der Waals surface area contributed by atoms with Gasteiger partial charge < -0.3 is 10.6 Å². The van der Waals surface area contributed by atoms with Gasteiger partial charge in [-0.1, -0.05) is 43.0 Å². The Morgan fingerprint density at radius 3 is 2.88 bits per heavy atom. The molecule has 0 aliphatic heterocycles. The van der Waals surface area contributed by atoms with Crippen LogP contribution in [0.4, 0.5) is 9.93 Å². The molecular formula is C14H19N5O2S3. The van der Waals surface area contributed by atoms with E-state index in [0.29, 0.717) is 16.8 Å². The molecule has 0 bridgehead atoms. The van der Waals surface area contributed by atoms with E-state index in [1.807, 2.05) is 17.5 Å². The SMILES string of the molecule is CC(C)CNc1nnc(SCC(=O)NC(=O)NCc2cccs2)s1. The summed E-state index contributed by atoms with van der Waals surface area (Å²) in [6.45, 7) is 5.45. The number of urea groups is 1. The quantitative estimate of drug-likeness (QED) is 0.605. The number of carbonyl (C=O) groups is 2.